The van der Waals surface area contributed by atoms with Gasteiger partial charge in [0.2, 0.25) is 5.91 Å². The fraction of sp³-hybridized carbons (Fsp3) is 0.385. The second-order valence-electron chi connectivity index (χ2n) is 4.16. The third-order valence-corrected chi connectivity index (χ3v) is 2.85. The van der Waals surface area contributed by atoms with Crippen LogP contribution in [0.3, 0.4) is 0 Å². The number of nitrogens with one attached hydrogen (secondary N) is 2. The van der Waals surface area contributed by atoms with Gasteiger partial charge in [-0.2, -0.15) is 0 Å². The number of aliphatic carboxylic acids is 1. The van der Waals surface area contributed by atoms with E-state index < -0.39 is 12.0 Å². The number of carbonyl (C=O) groups is 2. The number of halogens is 1. The highest BCUT2D eigenvalue weighted by atomic mass is 35.5. The lowest BCUT2D eigenvalue weighted by Crippen LogP contribution is -2.39. The van der Waals surface area contributed by atoms with Crippen LogP contribution in [-0.2, 0) is 9.59 Å². The highest BCUT2D eigenvalue weighted by molar-refractivity contribution is 6.31. The summed E-state index contributed by atoms with van der Waals surface area (Å²) >= 11 is 5.85. The molecule has 6 heteroatoms. The fourth-order valence-electron chi connectivity index (χ4n) is 1.61. The third kappa shape index (κ3) is 4.89. The second kappa shape index (κ2) is 7.11. The van der Waals surface area contributed by atoms with Crippen LogP contribution >= 0.6 is 11.6 Å². The topological polar surface area (TPSA) is 78.4 Å². The minimum Gasteiger partial charge on any atom is -0.480 e. The Bertz CT molecular complexity index is 477. The summed E-state index contributed by atoms with van der Waals surface area (Å²) in [6.07, 6.45) is -0.130. The van der Waals surface area contributed by atoms with Gasteiger partial charge in [0, 0.05) is 10.7 Å². The molecule has 104 valence electrons. The monoisotopic (exact) mass is 284 g/mol. The summed E-state index contributed by atoms with van der Waals surface area (Å²) in [5.41, 5.74) is 1.46. The van der Waals surface area contributed by atoms with Gasteiger partial charge in [-0.15, -0.1) is 0 Å². The average molecular weight is 285 g/mol. The Hall–Kier alpha value is -1.59. The Balaban J connectivity index is 2.68. The molecular formula is C13H17ClN2O3. The zero-order valence-electron chi connectivity index (χ0n) is 10.9. The Morgan fingerprint density at radius 1 is 1.42 bits per heavy atom. The highest BCUT2D eigenvalue weighted by Gasteiger charge is 2.20. The normalized spacial score (nSPS) is 11.9. The maximum Gasteiger partial charge on any atom is 0.321 e. The first-order valence-corrected chi connectivity index (χ1v) is 6.34. The van der Waals surface area contributed by atoms with Gasteiger partial charge in [0.15, 0.2) is 0 Å². The van der Waals surface area contributed by atoms with Gasteiger partial charge in [-0.3, -0.25) is 9.59 Å². The van der Waals surface area contributed by atoms with E-state index in [9.17, 15) is 9.59 Å². The summed E-state index contributed by atoms with van der Waals surface area (Å²) in [6, 6.07) is 4.27. The van der Waals surface area contributed by atoms with Crippen LogP contribution in [-0.4, -0.2) is 29.6 Å². The zero-order valence-corrected chi connectivity index (χ0v) is 11.6. The van der Waals surface area contributed by atoms with Crippen LogP contribution in [0.2, 0.25) is 5.02 Å². The van der Waals surface area contributed by atoms with E-state index in [0.717, 1.165) is 5.56 Å². The molecule has 1 atom stereocenters. The van der Waals surface area contributed by atoms with Crippen molar-refractivity contribution in [3.05, 3.63) is 28.8 Å². The minimum atomic E-state index is -1.04. The number of aryl methyl sites for hydroxylation is 1. The van der Waals surface area contributed by atoms with Crippen molar-refractivity contribution in [2.75, 3.05) is 11.9 Å². The predicted octanol–water partition coefficient (Wildman–Crippen LogP) is 2.04. The molecule has 0 spiro atoms. The van der Waals surface area contributed by atoms with Crippen molar-refractivity contribution in [2.24, 2.45) is 0 Å². The second-order valence-corrected chi connectivity index (χ2v) is 4.60. The van der Waals surface area contributed by atoms with E-state index in [1.54, 1.807) is 25.1 Å². The molecule has 5 nitrogen and oxygen atoms in total. The van der Waals surface area contributed by atoms with E-state index in [2.05, 4.69) is 10.6 Å². The van der Waals surface area contributed by atoms with Crippen molar-refractivity contribution in [1.82, 2.24) is 5.32 Å². The lowest BCUT2D eigenvalue weighted by molar-refractivity contribution is -0.141. The van der Waals surface area contributed by atoms with Crippen LogP contribution in [0.15, 0.2) is 18.2 Å². The van der Waals surface area contributed by atoms with Gasteiger partial charge in [0.05, 0.1) is 6.42 Å². The molecule has 1 unspecified atom stereocenters. The van der Waals surface area contributed by atoms with E-state index in [4.69, 9.17) is 16.7 Å². The molecule has 0 aliphatic heterocycles. The summed E-state index contributed by atoms with van der Waals surface area (Å²) in [4.78, 5) is 22.7. The molecule has 0 fully saturated rings. The molecule has 0 aliphatic rings. The van der Waals surface area contributed by atoms with Crippen LogP contribution in [0.1, 0.15) is 18.9 Å². The summed E-state index contributed by atoms with van der Waals surface area (Å²) in [7, 11) is 0. The first-order valence-electron chi connectivity index (χ1n) is 5.96. The number of carboxylic acids is 1. The third-order valence-electron chi connectivity index (χ3n) is 2.61. The molecule has 0 radical (unpaired) electrons. The van der Waals surface area contributed by atoms with Gasteiger partial charge in [0.1, 0.15) is 6.04 Å². The molecule has 0 aliphatic carbocycles. The van der Waals surface area contributed by atoms with Crippen molar-refractivity contribution in [1.29, 1.82) is 0 Å². The Morgan fingerprint density at radius 3 is 2.68 bits per heavy atom. The van der Waals surface area contributed by atoms with Crippen molar-refractivity contribution >= 4 is 29.2 Å². The smallest absolute Gasteiger partial charge is 0.321 e. The largest absolute Gasteiger partial charge is 0.480 e. The molecule has 1 aromatic rings. The molecule has 1 rings (SSSR count). The number of hydrogen-bond donors (Lipinski definition) is 3. The van der Waals surface area contributed by atoms with Gasteiger partial charge in [-0.25, -0.2) is 0 Å². The molecule has 3 N–H and O–H groups in total. The number of rotatable bonds is 6. The number of carboxylic acid groups (broad SMARTS) is 1. The molecule has 19 heavy (non-hydrogen) atoms. The number of benzene rings is 1. The SMILES string of the molecule is CCNC(CC(=O)Nc1cc(Cl)ccc1C)C(=O)O. The van der Waals surface area contributed by atoms with Crippen LogP contribution in [0, 0.1) is 6.92 Å². The van der Waals surface area contributed by atoms with Crippen molar-refractivity contribution in [3.63, 3.8) is 0 Å². The number of hydrogen-bond acceptors (Lipinski definition) is 3. The summed E-state index contributed by atoms with van der Waals surface area (Å²) in [5.74, 6) is -1.40. The zero-order chi connectivity index (χ0) is 14.4. The molecule has 1 amide bonds. The van der Waals surface area contributed by atoms with Gasteiger partial charge in [0.25, 0.3) is 0 Å². The highest BCUT2D eigenvalue weighted by Crippen LogP contribution is 2.20. The van der Waals surface area contributed by atoms with E-state index in [-0.39, 0.29) is 12.3 Å². The molecule has 0 saturated heterocycles. The molecule has 0 aromatic heterocycles. The van der Waals surface area contributed by atoms with E-state index >= 15 is 0 Å². The molecule has 0 bridgehead atoms. The van der Waals surface area contributed by atoms with Crippen LogP contribution in [0.25, 0.3) is 0 Å². The summed E-state index contributed by atoms with van der Waals surface area (Å²) in [6.45, 7) is 4.11. The quantitative estimate of drug-likeness (QED) is 0.747. The van der Waals surface area contributed by atoms with Crippen molar-refractivity contribution in [2.45, 2.75) is 26.3 Å². The molecule has 0 heterocycles. The lowest BCUT2D eigenvalue weighted by atomic mass is 10.1. The summed E-state index contributed by atoms with van der Waals surface area (Å²) in [5, 5.41) is 14.9. The van der Waals surface area contributed by atoms with E-state index in [1.807, 2.05) is 6.92 Å². The maximum absolute atomic E-state index is 11.8. The number of anilines is 1. The lowest BCUT2D eigenvalue weighted by Gasteiger charge is -2.14. The Kier molecular flexibility index (Phi) is 5.79. The maximum atomic E-state index is 11.8. The van der Waals surface area contributed by atoms with Gasteiger partial charge >= 0.3 is 5.97 Å². The standard InChI is InChI=1S/C13H17ClN2O3/c1-3-15-11(13(18)19)7-12(17)16-10-6-9(14)5-4-8(10)2/h4-6,11,15H,3,7H2,1-2H3,(H,16,17)(H,18,19). The van der Waals surface area contributed by atoms with Gasteiger partial charge in [-0.1, -0.05) is 24.6 Å². The molecule has 0 saturated carbocycles. The molecular weight excluding hydrogens is 268 g/mol. The number of carbonyl (C=O) groups excluding carboxylic acids is 1. The van der Waals surface area contributed by atoms with Crippen LogP contribution in [0.4, 0.5) is 5.69 Å². The first kappa shape index (κ1) is 15.5. The van der Waals surface area contributed by atoms with Crippen molar-refractivity contribution in [3.8, 4) is 0 Å². The van der Waals surface area contributed by atoms with E-state index in [1.165, 1.54) is 0 Å². The minimum absolute atomic E-state index is 0.130. The van der Waals surface area contributed by atoms with Crippen molar-refractivity contribution < 1.29 is 14.7 Å². The summed E-state index contributed by atoms with van der Waals surface area (Å²) < 4.78 is 0. The fourth-order valence-corrected chi connectivity index (χ4v) is 1.78. The van der Waals surface area contributed by atoms with Gasteiger partial charge in [-0.05, 0) is 31.2 Å². The van der Waals surface area contributed by atoms with Crippen LogP contribution in [0.5, 0.6) is 0 Å². The number of likely N-dealkylation sites (N-methyl/N-ethyl adjacent to an activating group) is 1. The molecule has 1 aromatic carbocycles. The predicted molar refractivity (Wildman–Crippen MR) is 74.5 cm³/mol. The first-order chi connectivity index (χ1) is 8.93. The number of amides is 1. The average Bonchev–Trinajstić information content (AvgIpc) is 2.33. The van der Waals surface area contributed by atoms with E-state index in [0.29, 0.717) is 17.3 Å². The Labute approximate surface area is 117 Å². The van der Waals surface area contributed by atoms with Crippen LogP contribution < -0.4 is 10.6 Å². The van der Waals surface area contributed by atoms with Gasteiger partial charge < -0.3 is 15.7 Å². The Morgan fingerprint density at radius 2 is 2.11 bits per heavy atom.